The highest BCUT2D eigenvalue weighted by molar-refractivity contribution is 6.00. The third-order valence-electron chi connectivity index (χ3n) is 4.47. The van der Waals surface area contributed by atoms with Crippen LogP contribution >= 0.6 is 0 Å². The number of benzene rings is 3. The molecule has 0 aromatic heterocycles. The van der Waals surface area contributed by atoms with Gasteiger partial charge >= 0.3 is 0 Å². The van der Waals surface area contributed by atoms with Crippen molar-refractivity contribution in [2.24, 2.45) is 0 Å². The number of fused-ring (bicyclic) bond motifs is 2. The van der Waals surface area contributed by atoms with Crippen LogP contribution in [0.1, 0.15) is 29.2 Å². The van der Waals surface area contributed by atoms with Gasteiger partial charge in [0, 0.05) is 0 Å². The molecule has 0 atom stereocenters. The average molecular weight is 270 g/mol. The van der Waals surface area contributed by atoms with Gasteiger partial charge in [-0.2, -0.15) is 0 Å². The van der Waals surface area contributed by atoms with Gasteiger partial charge in [-0.3, -0.25) is 0 Å². The molecule has 102 valence electrons. The van der Waals surface area contributed by atoms with Crippen molar-refractivity contribution in [2.45, 2.75) is 20.3 Å². The predicted molar refractivity (Wildman–Crippen MR) is 90.5 cm³/mol. The van der Waals surface area contributed by atoms with Crippen LogP contribution in [0, 0.1) is 6.92 Å². The molecule has 1 aliphatic carbocycles. The summed E-state index contributed by atoms with van der Waals surface area (Å²) in [7, 11) is 0. The minimum absolute atomic E-state index is 1.08. The van der Waals surface area contributed by atoms with Crippen LogP contribution in [0.3, 0.4) is 0 Å². The monoisotopic (exact) mass is 270 g/mol. The van der Waals surface area contributed by atoms with E-state index >= 15 is 0 Å². The zero-order chi connectivity index (χ0) is 14.4. The van der Waals surface area contributed by atoms with E-state index in [1.165, 1.54) is 44.2 Å². The Hall–Kier alpha value is -2.34. The fraction of sp³-hybridized carbons (Fsp3) is 0.143. The van der Waals surface area contributed by atoms with Gasteiger partial charge in [0.05, 0.1) is 0 Å². The number of aryl methyl sites for hydroxylation is 1. The first-order chi connectivity index (χ1) is 10.2. The van der Waals surface area contributed by atoms with Crippen LogP contribution in [0.4, 0.5) is 0 Å². The number of allylic oxidation sites excluding steroid dienone is 1. The molecule has 0 amide bonds. The molecular formula is C21H18. The number of rotatable bonds is 1. The lowest BCUT2D eigenvalue weighted by molar-refractivity contribution is 1.18. The van der Waals surface area contributed by atoms with Crippen molar-refractivity contribution in [3.05, 3.63) is 88.5 Å². The molecule has 3 aromatic rings. The summed E-state index contributed by atoms with van der Waals surface area (Å²) in [6.45, 7) is 4.44. The predicted octanol–water partition coefficient (Wildman–Crippen LogP) is 5.53. The molecule has 0 aliphatic heterocycles. The largest absolute Gasteiger partial charge is 0.0616 e. The van der Waals surface area contributed by atoms with E-state index in [2.05, 4.69) is 74.5 Å². The molecule has 0 nitrogen and oxygen atoms in total. The number of hydrogen-bond acceptors (Lipinski definition) is 0. The molecule has 1 aliphatic rings. The van der Waals surface area contributed by atoms with Gasteiger partial charge in [0.2, 0.25) is 0 Å². The molecule has 0 spiro atoms. The van der Waals surface area contributed by atoms with Gasteiger partial charge < -0.3 is 0 Å². The number of hydrogen-bond donors (Lipinski definition) is 0. The molecule has 0 heterocycles. The van der Waals surface area contributed by atoms with Crippen LogP contribution in [0.2, 0.25) is 0 Å². The van der Waals surface area contributed by atoms with E-state index in [1.54, 1.807) is 0 Å². The zero-order valence-electron chi connectivity index (χ0n) is 12.5. The second kappa shape index (κ2) is 4.60. The second-order valence-electron chi connectivity index (χ2n) is 6.02. The molecule has 3 aromatic carbocycles. The third kappa shape index (κ3) is 1.91. The molecule has 0 N–H and O–H groups in total. The molecule has 0 heteroatoms. The maximum Gasteiger partial charge on any atom is -0.00542 e. The highest BCUT2D eigenvalue weighted by Gasteiger charge is 2.21. The minimum atomic E-state index is 1.08. The zero-order valence-corrected chi connectivity index (χ0v) is 12.5. The summed E-state index contributed by atoms with van der Waals surface area (Å²) in [5.74, 6) is 0. The summed E-state index contributed by atoms with van der Waals surface area (Å²) in [5.41, 5.74) is 8.51. The Kier molecular flexibility index (Phi) is 2.71. The van der Waals surface area contributed by atoms with Crippen LogP contribution < -0.4 is 0 Å². The molecule has 0 bridgehead atoms. The maximum absolute atomic E-state index is 2.33. The van der Waals surface area contributed by atoms with E-state index in [1.807, 2.05) is 0 Å². The van der Waals surface area contributed by atoms with Crippen molar-refractivity contribution in [1.82, 2.24) is 0 Å². The Labute approximate surface area is 125 Å². The summed E-state index contributed by atoms with van der Waals surface area (Å²) in [6.07, 6.45) is 1.08. The van der Waals surface area contributed by atoms with E-state index in [9.17, 15) is 0 Å². The van der Waals surface area contributed by atoms with Crippen molar-refractivity contribution in [3.63, 3.8) is 0 Å². The van der Waals surface area contributed by atoms with E-state index in [0.717, 1.165) is 6.42 Å². The average Bonchev–Trinajstić information content (AvgIpc) is 2.81. The molecule has 4 rings (SSSR count). The van der Waals surface area contributed by atoms with Crippen molar-refractivity contribution in [1.29, 1.82) is 0 Å². The summed E-state index contributed by atoms with van der Waals surface area (Å²) in [4.78, 5) is 0. The fourth-order valence-electron chi connectivity index (χ4n) is 3.53. The molecular weight excluding hydrogens is 252 g/mol. The van der Waals surface area contributed by atoms with E-state index in [0.29, 0.717) is 0 Å². The Bertz CT molecular complexity index is 876. The first kappa shape index (κ1) is 12.4. The lowest BCUT2D eigenvalue weighted by Gasteiger charge is -2.11. The van der Waals surface area contributed by atoms with Gasteiger partial charge in [-0.1, -0.05) is 71.8 Å². The Morgan fingerprint density at radius 2 is 1.57 bits per heavy atom. The molecule has 0 fully saturated rings. The molecule has 0 radical (unpaired) electrons. The van der Waals surface area contributed by atoms with Crippen LogP contribution in [-0.2, 0) is 6.42 Å². The van der Waals surface area contributed by atoms with Crippen LogP contribution in [-0.4, -0.2) is 0 Å². The van der Waals surface area contributed by atoms with Gasteiger partial charge in [0.15, 0.2) is 0 Å². The highest BCUT2D eigenvalue weighted by Crippen LogP contribution is 2.40. The summed E-state index contributed by atoms with van der Waals surface area (Å²) in [6, 6.07) is 22.1. The topological polar surface area (TPSA) is 0 Å². The SMILES string of the molecule is CC1=C(c2cccc3ccccc23)c2ccc(C)cc2C1. The van der Waals surface area contributed by atoms with Crippen molar-refractivity contribution >= 4 is 16.3 Å². The molecule has 0 saturated heterocycles. The first-order valence-corrected chi connectivity index (χ1v) is 7.52. The smallest absolute Gasteiger partial charge is 0.00542 e. The van der Waals surface area contributed by atoms with E-state index in [4.69, 9.17) is 0 Å². The van der Waals surface area contributed by atoms with Crippen molar-refractivity contribution in [2.75, 3.05) is 0 Å². The lowest BCUT2D eigenvalue weighted by Crippen LogP contribution is -1.90. The fourth-order valence-corrected chi connectivity index (χ4v) is 3.53. The minimum Gasteiger partial charge on any atom is -0.0616 e. The van der Waals surface area contributed by atoms with Crippen LogP contribution in [0.25, 0.3) is 16.3 Å². The van der Waals surface area contributed by atoms with Gasteiger partial charge in [-0.05, 0) is 53.3 Å². The molecule has 0 unspecified atom stereocenters. The van der Waals surface area contributed by atoms with Gasteiger partial charge in [-0.15, -0.1) is 0 Å². The normalized spacial score (nSPS) is 13.8. The van der Waals surface area contributed by atoms with E-state index in [-0.39, 0.29) is 0 Å². The quantitative estimate of drug-likeness (QED) is 0.545. The van der Waals surface area contributed by atoms with Crippen LogP contribution in [0.15, 0.2) is 66.2 Å². The Morgan fingerprint density at radius 3 is 2.48 bits per heavy atom. The summed E-state index contributed by atoms with van der Waals surface area (Å²) >= 11 is 0. The second-order valence-corrected chi connectivity index (χ2v) is 6.02. The summed E-state index contributed by atoms with van der Waals surface area (Å²) in [5, 5.41) is 2.67. The first-order valence-electron chi connectivity index (χ1n) is 7.52. The van der Waals surface area contributed by atoms with Gasteiger partial charge in [0.1, 0.15) is 0 Å². The van der Waals surface area contributed by atoms with Gasteiger partial charge in [-0.25, -0.2) is 0 Å². The Balaban J connectivity index is 2.00. The van der Waals surface area contributed by atoms with Gasteiger partial charge in [0.25, 0.3) is 0 Å². The van der Waals surface area contributed by atoms with E-state index < -0.39 is 0 Å². The van der Waals surface area contributed by atoms with Crippen LogP contribution in [0.5, 0.6) is 0 Å². The Morgan fingerprint density at radius 1 is 0.762 bits per heavy atom. The highest BCUT2D eigenvalue weighted by atomic mass is 14.2. The third-order valence-corrected chi connectivity index (χ3v) is 4.47. The molecule has 0 saturated carbocycles. The summed E-state index contributed by atoms with van der Waals surface area (Å²) < 4.78 is 0. The maximum atomic E-state index is 2.33. The van der Waals surface area contributed by atoms with Crippen molar-refractivity contribution < 1.29 is 0 Å². The van der Waals surface area contributed by atoms with Crippen molar-refractivity contribution in [3.8, 4) is 0 Å². The lowest BCUT2D eigenvalue weighted by atomic mass is 9.93. The molecule has 21 heavy (non-hydrogen) atoms. The standard InChI is InChI=1S/C21H18/c1-14-10-11-19-17(12-14)13-15(2)21(19)20-9-5-7-16-6-3-4-8-18(16)20/h3-12H,13H2,1-2H3.